The van der Waals surface area contributed by atoms with E-state index in [-0.39, 0.29) is 25.8 Å². The number of likely N-dealkylation sites (N-methyl/N-ethyl adjacent to an activating group) is 1. The van der Waals surface area contributed by atoms with E-state index in [1.165, 1.54) is 16.1 Å². The van der Waals surface area contributed by atoms with E-state index in [1.54, 1.807) is 14.1 Å². The maximum atomic E-state index is 12.3. The molecule has 2 unspecified atom stereocenters. The Labute approximate surface area is 115 Å². The average molecular weight is 283 g/mol. The summed E-state index contributed by atoms with van der Waals surface area (Å²) in [6.07, 6.45) is 1.36. The van der Waals surface area contributed by atoms with E-state index in [2.05, 4.69) is 15.2 Å². The first-order chi connectivity index (χ1) is 9.50. The number of aromatic nitrogens is 3. The number of carbonyl (C=O) groups excluding carboxylic acids is 1. The number of carboxylic acid groups (broad SMARTS) is 1. The fourth-order valence-corrected chi connectivity index (χ4v) is 2.17. The van der Waals surface area contributed by atoms with Gasteiger partial charge in [-0.2, -0.15) is 5.10 Å². The van der Waals surface area contributed by atoms with Crippen LogP contribution in [0.15, 0.2) is 6.33 Å². The van der Waals surface area contributed by atoms with Crippen molar-refractivity contribution in [2.24, 2.45) is 5.92 Å². The van der Waals surface area contributed by atoms with Gasteiger partial charge in [0.2, 0.25) is 0 Å². The fraction of sp³-hybridized carbons (Fsp3) is 0.636. The van der Waals surface area contributed by atoms with E-state index >= 15 is 0 Å². The second-order valence-electron chi connectivity index (χ2n) is 4.73. The van der Waals surface area contributed by atoms with Crippen molar-refractivity contribution in [3.8, 4) is 0 Å². The van der Waals surface area contributed by atoms with Crippen LogP contribution in [0.5, 0.6) is 0 Å². The highest BCUT2D eigenvalue weighted by atomic mass is 16.5. The molecular formula is C11H17N5O4. The second-order valence-corrected chi connectivity index (χ2v) is 4.73. The van der Waals surface area contributed by atoms with Crippen molar-refractivity contribution in [3.63, 3.8) is 0 Å². The number of amides is 2. The molecule has 2 N–H and O–H groups in total. The molecule has 1 aliphatic rings. The molecule has 1 aliphatic heterocycles. The number of H-pyrrole nitrogens is 1. The van der Waals surface area contributed by atoms with Crippen LogP contribution in [0.25, 0.3) is 0 Å². The van der Waals surface area contributed by atoms with Crippen LogP contribution in [-0.2, 0) is 16.1 Å². The SMILES string of the molecule is CN(Cc1ncn[nH]1)C(=O)N(C)C1COCC1C(=O)O. The highest BCUT2D eigenvalue weighted by Gasteiger charge is 2.39. The van der Waals surface area contributed by atoms with Gasteiger partial charge >= 0.3 is 12.0 Å². The number of urea groups is 1. The van der Waals surface area contributed by atoms with E-state index in [1.807, 2.05) is 0 Å². The van der Waals surface area contributed by atoms with E-state index in [9.17, 15) is 9.59 Å². The van der Waals surface area contributed by atoms with Crippen LogP contribution in [0.4, 0.5) is 4.79 Å². The van der Waals surface area contributed by atoms with E-state index in [4.69, 9.17) is 9.84 Å². The van der Waals surface area contributed by atoms with Crippen molar-refractivity contribution < 1.29 is 19.4 Å². The van der Waals surface area contributed by atoms with Gasteiger partial charge in [-0.3, -0.25) is 9.89 Å². The molecule has 0 radical (unpaired) electrons. The molecule has 0 aliphatic carbocycles. The minimum atomic E-state index is -0.954. The minimum absolute atomic E-state index is 0.128. The molecule has 110 valence electrons. The van der Waals surface area contributed by atoms with Gasteiger partial charge in [-0.15, -0.1) is 0 Å². The summed E-state index contributed by atoms with van der Waals surface area (Å²) in [5.74, 6) is -1.08. The second kappa shape index (κ2) is 5.87. The predicted molar refractivity (Wildman–Crippen MR) is 66.7 cm³/mol. The summed E-state index contributed by atoms with van der Waals surface area (Å²) in [6, 6.07) is -0.750. The molecule has 0 bridgehead atoms. The molecule has 9 heteroatoms. The number of ether oxygens (including phenoxy) is 1. The van der Waals surface area contributed by atoms with Gasteiger partial charge in [-0.25, -0.2) is 9.78 Å². The molecule has 2 heterocycles. The highest BCUT2D eigenvalue weighted by Crippen LogP contribution is 2.20. The number of nitrogens with one attached hydrogen (secondary N) is 1. The molecule has 1 aromatic rings. The van der Waals surface area contributed by atoms with Crippen LogP contribution in [0, 0.1) is 5.92 Å². The van der Waals surface area contributed by atoms with Crippen LogP contribution in [0.2, 0.25) is 0 Å². The Hall–Kier alpha value is -2.16. The average Bonchev–Trinajstić information content (AvgIpc) is 3.07. The molecule has 20 heavy (non-hydrogen) atoms. The number of carboxylic acids is 1. The summed E-state index contributed by atoms with van der Waals surface area (Å²) in [5, 5.41) is 15.5. The van der Waals surface area contributed by atoms with Gasteiger partial charge in [0.25, 0.3) is 0 Å². The zero-order valence-corrected chi connectivity index (χ0v) is 11.3. The molecule has 2 rings (SSSR count). The number of hydrogen-bond donors (Lipinski definition) is 2. The molecule has 1 fully saturated rings. The molecule has 1 aromatic heterocycles. The largest absolute Gasteiger partial charge is 0.481 e. The van der Waals surface area contributed by atoms with Crippen molar-refractivity contribution in [1.82, 2.24) is 25.0 Å². The van der Waals surface area contributed by atoms with E-state index in [0.29, 0.717) is 5.82 Å². The van der Waals surface area contributed by atoms with Gasteiger partial charge in [0.05, 0.1) is 25.8 Å². The number of aromatic amines is 1. The van der Waals surface area contributed by atoms with Crippen LogP contribution in [0.3, 0.4) is 0 Å². The first kappa shape index (κ1) is 14.3. The number of hydrogen-bond acceptors (Lipinski definition) is 5. The Balaban J connectivity index is 1.99. The molecule has 1 saturated heterocycles. The monoisotopic (exact) mass is 283 g/mol. The van der Waals surface area contributed by atoms with Gasteiger partial charge in [0, 0.05) is 14.1 Å². The lowest BCUT2D eigenvalue weighted by atomic mass is 10.0. The quantitative estimate of drug-likeness (QED) is 0.762. The van der Waals surface area contributed by atoms with Gasteiger partial charge in [0.1, 0.15) is 18.1 Å². The van der Waals surface area contributed by atoms with Crippen molar-refractivity contribution in [1.29, 1.82) is 0 Å². The van der Waals surface area contributed by atoms with Crippen molar-refractivity contribution in [2.75, 3.05) is 27.3 Å². The van der Waals surface area contributed by atoms with Gasteiger partial charge in [0.15, 0.2) is 0 Å². The van der Waals surface area contributed by atoms with Gasteiger partial charge in [-0.1, -0.05) is 0 Å². The van der Waals surface area contributed by atoms with Crippen LogP contribution in [0.1, 0.15) is 5.82 Å². The van der Waals surface area contributed by atoms with Crippen molar-refractivity contribution in [2.45, 2.75) is 12.6 Å². The van der Waals surface area contributed by atoms with Crippen LogP contribution >= 0.6 is 0 Å². The normalized spacial score (nSPS) is 21.7. The van der Waals surface area contributed by atoms with Gasteiger partial charge < -0.3 is 19.6 Å². The number of rotatable bonds is 4. The summed E-state index contributed by atoms with van der Waals surface area (Å²) < 4.78 is 5.17. The lowest BCUT2D eigenvalue weighted by molar-refractivity contribution is -0.142. The third-order valence-corrected chi connectivity index (χ3v) is 3.35. The molecule has 0 aromatic carbocycles. The maximum absolute atomic E-state index is 12.3. The maximum Gasteiger partial charge on any atom is 0.320 e. The third kappa shape index (κ3) is 2.87. The Bertz CT molecular complexity index is 477. The fourth-order valence-electron chi connectivity index (χ4n) is 2.17. The molecular weight excluding hydrogens is 266 g/mol. The Morgan fingerprint density at radius 3 is 2.85 bits per heavy atom. The molecule has 9 nitrogen and oxygen atoms in total. The Morgan fingerprint density at radius 2 is 2.25 bits per heavy atom. The number of nitrogens with zero attached hydrogens (tertiary/aromatic N) is 4. The van der Waals surface area contributed by atoms with Gasteiger partial charge in [-0.05, 0) is 0 Å². The van der Waals surface area contributed by atoms with E-state index in [0.717, 1.165) is 0 Å². The third-order valence-electron chi connectivity index (χ3n) is 3.35. The van der Waals surface area contributed by atoms with Crippen molar-refractivity contribution >= 4 is 12.0 Å². The topological polar surface area (TPSA) is 112 Å². The summed E-state index contributed by atoms with van der Waals surface area (Å²) in [6.45, 7) is 0.632. The Morgan fingerprint density at radius 1 is 1.50 bits per heavy atom. The molecule has 2 atom stereocenters. The standard InChI is InChI=1S/C11H17N5O4/c1-15(3-9-12-6-13-14-9)11(19)16(2)8-5-20-4-7(8)10(17)18/h6-8H,3-5H2,1-2H3,(H,17,18)(H,12,13,14). The minimum Gasteiger partial charge on any atom is -0.481 e. The molecule has 0 saturated carbocycles. The Kier molecular flexibility index (Phi) is 4.18. The van der Waals surface area contributed by atoms with Crippen LogP contribution in [-0.4, -0.2) is 75.4 Å². The first-order valence-corrected chi connectivity index (χ1v) is 6.13. The lowest BCUT2D eigenvalue weighted by Crippen LogP contribution is -2.48. The summed E-state index contributed by atoms with van der Waals surface area (Å²) in [4.78, 5) is 30.2. The molecule has 0 spiro atoms. The summed E-state index contributed by atoms with van der Waals surface area (Å²) in [5.41, 5.74) is 0. The number of aliphatic carboxylic acids is 1. The van der Waals surface area contributed by atoms with E-state index < -0.39 is 17.9 Å². The zero-order valence-electron chi connectivity index (χ0n) is 11.3. The highest BCUT2D eigenvalue weighted by molar-refractivity contribution is 5.77. The summed E-state index contributed by atoms with van der Waals surface area (Å²) >= 11 is 0. The summed E-state index contributed by atoms with van der Waals surface area (Å²) in [7, 11) is 3.20. The predicted octanol–water partition coefficient (Wildman–Crippen LogP) is -0.612. The van der Waals surface area contributed by atoms with Crippen molar-refractivity contribution in [3.05, 3.63) is 12.2 Å². The molecule has 2 amide bonds. The zero-order chi connectivity index (χ0) is 14.7. The first-order valence-electron chi connectivity index (χ1n) is 6.13. The van der Waals surface area contributed by atoms with Crippen LogP contribution < -0.4 is 0 Å². The smallest absolute Gasteiger partial charge is 0.320 e. The number of carbonyl (C=O) groups is 2. The lowest BCUT2D eigenvalue weighted by Gasteiger charge is -2.30.